The van der Waals surface area contributed by atoms with Gasteiger partial charge in [-0.15, -0.1) is 0 Å². The number of hydrogen-bond acceptors (Lipinski definition) is 0. The molecule has 0 aromatic heterocycles. The van der Waals surface area contributed by atoms with E-state index >= 15 is 0 Å². The summed E-state index contributed by atoms with van der Waals surface area (Å²) in [6.07, 6.45) is 5.11. The summed E-state index contributed by atoms with van der Waals surface area (Å²) in [5, 5.41) is 1.56. The summed E-state index contributed by atoms with van der Waals surface area (Å²) in [6, 6.07) is 27.1. The minimum absolute atomic E-state index is 0.114. The molecule has 4 aromatic carbocycles. The third-order valence-electron chi connectivity index (χ3n) is 5.98. The second kappa shape index (κ2) is 10.3. The molecule has 4 aromatic rings. The van der Waals surface area contributed by atoms with E-state index in [2.05, 4.69) is 67.3 Å². The van der Waals surface area contributed by atoms with Crippen molar-refractivity contribution in [2.24, 2.45) is 0 Å². The van der Waals surface area contributed by atoms with E-state index in [0.717, 1.165) is 41.3 Å². The van der Waals surface area contributed by atoms with Crippen LogP contribution in [0, 0.1) is 17.7 Å². The first-order chi connectivity index (χ1) is 15.7. The summed E-state index contributed by atoms with van der Waals surface area (Å²) >= 11 is 0. The van der Waals surface area contributed by atoms with Gasteiger partial charge in [0.2, 0.25) is 0 Å². The van der Waals surface area contributed by atoms with Gasteiger partial charge in [0.15, 0.2) is 0 Å². The number of hydrogen-bond donors (Lipinski definition) is 0. The van der Waals surface area contributed by atoms with Gasteiger partial charge in [-0.1, -0.05) is 86.7 Å². The van der Waals surface area contributed by atoms with Gasteiger partial charge in [-0.3, -0.25) is 0 Å². The zero-order valence-corrected chi connectivity index (χ0v) is 18.9. The Morgan fingerprint density at radius 3 is 1.81 bits per heavy atom. The Labute approximate surface area is 191 Å². The van der Waals surface area contributed by atoms with Crippen LogP contribution >= 0.6 is 0 Å². The highest BCUT2D eigenvalue weighted by atomic mass is 19.1. The molecule has 0 aliphatic carbocycles. The van der Waals surface area contributed by atoms with Gasteiger partial charge in [-0.05, 0) is 77.6 Å². The van der Waals surface area contributed by atoms with Gasteiger partial charge in [0.25, 0.3) is 0 Å². The van der Waals surface area contributed by atoms with E-state index in [9.17, 15) is 4.39 Å². The maximum Gasteiger partial charge on any atom is 0.134 e. The van der Waals surface area contributed by atoms with Crippen LogP contribution in [-0.2, 0) is 25.7 Å². The van der Waals surface area contributed by atoms with Crippen molar-refractivity contribution >= 4 is 10.8 Å². The van der Waals surface area contributed by atoms with Crippen molar-refractivity contribution in [3.8, 4) is 11.8 Å². The van der Waals surface area contributed by atoms with E-state index in [4.69, 9.17) is 0 Å². The van der Waals surface area contributed by atoms with Gasteiger partial charge in [0.05, 0.1) is 0 Å². The fourth-order valence-corrected chi connectivity index (χ4v) is 4.04. The van der Waals surface area contributed by atoms with Crippen LogP contribution in [0.4, 0.5) is 4.39 Å². The van der Waals surface area contributed by atoms with Crippen LogP contribution in [0.25, 0.3) is 10.8 Å². The van der Waals surface area contributed by atoms with Crippen molar-refractivity contribution in [2.75, 3.05) is 0 Å². The van der Waals surface area contributed by atoms with Crippen LogP contribution in [-0.4, -0.2) is 0 Å². The standard InChI is InChI=1S/C31H29F/c1-3-5-23-6-8-24(9-7-23)10-11-25-12-14-26(15-13-25)16-17-27-18-21-30-29(22-27)20-19-28(4-2)31(30)32/h6-9,12-15,18-22H,3-5,10-11H2,1-2H3. The molecule has 0 N–H and O–H groups in total. The van der Waals surface area contributed by atoms with Crippen molar-refractivity contribution in [1.29, 1.82) is 0 Å². The fraction of sp³-hybridized carbons (Fsp3) is 0.226. The summed E-state index contributed by atoms with van der Waals surface area (Å²) in [6.45, 7) is 4.19. The number of aryl methyl sites for hydroxylation is 4. The topological polar surface area (TPSA) is 0 Å². The molecular formula is C31H29F. The first-order valence-electron chi connectivity index (χ1n) is 11.6. The second-order valence-corrected chi connectivity index (χ2v) is 8.34. The summed E-state index contributed by atoms with van der Waals surface area (Å²) in [5.74, 6) is 6.35. The first-order valence-corrected chi connectivity index (χ1v) is 11.6. The highest BCUT2D eigenvalue weighted by Gasteiger charge is 2.06. The van der Waals surface area contributed by atoms with Gasteiger partial charge >= 0.3 is 0 Å². The Hall–Kier alpha value is -3.37. The molecule has 160 valence electrons. The van der Waals surface area contributed by atoms with Gasteiger partial charge < -0.3 is 0 Å². The number of rotatable bonds is 6. The van der Waals surface area contributed by atoms with Gasteiger partial charge in [-0.25, -0.2) is 4.39 Å². The molecule has 0 amide bonds. The van der Waals surface area contributed by atoms with E-state index in [1.165, 1.54) is 23.1 Å². The second-order valence-electron chi connectivity index (χ2n) is 8.34. The lowest BCUT2D eigenvalue weighted by Gasteiger charge is -2.05. The summed E-state index contributed by atoms with van der Waals surface area (Å²) < 4.78 is 14.5. The molecule has 0 aliphatic heterocycles. The molecule has 0 atom stereocenters. The van der Waals surface area contributed by atoms with Crippen LogP contribution in [0.2, 0.25) is 0 Å². The predicted molar refractivity (Wildman–Crippen MR) is 134 cm³/mol. The lowest BCUT2D eigenvalue weighted by atomic mass is 10.0. The lowest BCUT2D eigenvalue weighted by Crippen LogP contribution is -1.92. The Morgan fingerprint density at radius 1 is 0.625 bits per heavy atom. The van der Waals surface area contributed by atoms with E-state index in [1.807, 2.05) is 37.3 Å². The number of benzene rings is 4. The average Bonchev–Trinajstić information content (AvgIpc) is 2.83. The zero-order valence-electron chi connectivity index (χ0n) is 18.9. The zero-order chi connectivity index (χ0) is 22.3. The largest absolute Gasteiger partial charge is 0.206 e. The Morgan fingerprint density at radius 2 is 1.19 bits per heavy atom. The molecule has 0 nitrogen and oxygen atoms in total. The van der Waals surface area contributed by atoms with Crippen molar-refractivity contribution in [1.82, 2.24) is 0 Å². The third kappa shape index (κ3) is 5.27. The summed E-state index contributed by atoms with van der Waals surface area (Å²) in [5.41, 5.74) is 6.77. The minimum Gasteiger partial charge on any atom is -0.206 e. The monoisotopic (exact) mass is 420 g/mol. The molecule has 0 radical (unpaired) electrons. The Bertz CT molecular complexity index is 1250. The van der Waals surface area contributed by atoms with Crippen LogP contribution in [0.3, 0.4) is 0 Å². The summed E-state index contributed by atoms with van der Waals surface area (Å²) in [4.78, 5) is 0. The molecule has 0 heterocycles. The van der Waals surface area contributed by atoms with Crippen LogP contribution in [0.1, 0.15) is 53.6 Å². The highest BCUT2D eigenvalue weighted by molar-refractivity contribution is 5.85. The molecule has 0 bridgehead atoms. The first kappa shape index (κ1) is 21.8. The molecule has 1 heteroatoms. The lowest BCUT2D eigenvalue weighted by molar-refractivity contribution is 0.624. The Balaban J connectivity index is 1.41. The fourth-order valence-electron chi connectivity index (χ4n) is 4.04. The maximum atomic E-state index is 14.5. The van der Waals surface area contributed by atoms with E-state index in [0.29, 0.717) is 11.8 Å². The van der Waals surface area contributed by atoms with Gasteiger partial charge in [-0.2, -0.15) is 0 Å². The number of fused-ring (bicyclic) bond motifs is 1. The van der Waals surface area contributed by atoms with Crippen LogP contribution in [0.5, 0.6) is 0 Å². The van der Waals surface area contributed by atoms with E-state index < -0.39 is 0 Å². The molecule has 0 aliphatic rings. The molecular weight excluding hydrogens is 391 g/mol. The van der Waals surface area contributed by atoms with E-state index in [-0.39, 0.29) is 5.82 Å². The van der Waals surface area contributed by atoms with Crippen LogP contribution < -0.4 is 0 Å². The van der Waals surface area contributed by atoms with Crippen molar-refractivity contribution < 1.29 is 4.39 Å². The highest BCUT2D eigenvalue weighted by Crippen LogP contribution is 2.22. The van der Waals surface area contributed by atoms with Crippen molar-refractivity contribution in [3.63, 3.8) is 0 Å². The molecule has 0 saturated heterocycles. The molecule has 32 heavy (non-hydrogen) atoms. The SMILES string of the molecule is CCCc1ccc(CCc2ccc(C#Cc3ccc4c(F)c(CC)ccc4c3)cc2)cc1. The summed E-state index contributed by atoms with van der Waals surface area (Å²) in [7, 11) is 0. The normalized spacial score (nSPS) is 10.7. The third-order valence-corrected chi connectivity index (χ3v) is 5.98. The minimum atomic E-state index is -0.114. The van der Waals surface area contributed by atoms with Crippen molar-refractivity contribution in [2.45, 2.75) is 46.0 Å². The van der Waals surface area contributed by atoms with Crippen molar-refractivity contribution in [3.05, 3.63) is 118 Å². The quantitative estimate of drug-likeness (QED) is 0.281. The molecule has 0 spiro atoms. The Kier molecular flexibility index (Phi) is 7.03. The average molecular weight is 421 g/mol. The maximum absolute atomic E-state index is 14.5. The smallest absolute Gasteiger partial charge is 0.134 e. The molecule has 0 fully saturated rings. The predicted octanol–water partition coefficient (Wildman–Crippen LogP) is 7.68. The van der Waals surface area contributed by atoms with E-state index in [1.54, 1.807) is 0 Å². The molecule has 4 rings (SSSR count). The van der Waals surface area contributed by atoms with Gasteiger partial charge in [0, 0.05) is 16.5 Å². The van der Waals surface area contributed by atoms with Gasteiger partial charge in [0.1, 0.15) is 5.82 Å². The number of halogens is 1. The molecule has 0 saturated carbocycles. The molecule has 0 unspecified atom stereocenters. The van der Waals surface area contributed by atoms with Crippen LogP contribution in [0.15, 0.2) is 78.9 Å².